The van der Waals surface area contributed by atoms with Crippen LogP contribution in [-0.4, -0.2) is 35.2 Å². The highest BCUT2D eigenvalue weighted by atomic mass is 79.9. The van der Waals surface area contributed by atoms with Gasteiger partial charge in [-0.25, -0.2) is 0 Å². The zero-order chi connectivity index (χ0) is 15.7. The Balaban J connectivity index is 1.87. The molecule has 2 fully saturated rings. The summed E-state index contributed by atoms with van der Waals surface area (Å²) in [6, 6.07) is 5.96. The summed E-state index contributed by atoms with van der Waals surface area (Å²) >= 11 is 3.50. The number of benzene rings is 1. The molecule has 1 aromatic carbocycles. The predicted molar refractivity (Wildman–Crippen MR) is 88.0 cm³/mol. The average Bonchev–Trinajstić information content (AvgIpc) is 2.87. The molecule has 0 radical (unpaired) electrons. The first-order valence-corrected chi connectivity index (χ1v) is 8.70. The number of hydrogen-bond donors (Lipinski definition) is 1. The lowest BCUT2D eigenvalue weighted by atomic mass is 9.84. The molecule has 1 aliphatic heterocycles. The number of aliphatic carboxylic acids is 1. The number of fused-ring (bicyclic) bond motifs is 1. The minimum absolute atomic E-state index is 0.364. The minimum Gasteiger partial charge on any atom is -0.496 e. The summed E-state index contributed by atoms with van der Waals surface area (Å²) in [7, 11) is 1.66. The van der Waals surface area contributed by atoms with E-state index in [2.05, 4.69) is 20.8 Å². The van der Waals surface area contributed by atoms with Crippen molar-refractivity contribution in [2.24, 2.45) is 5.92 Å². The molecule has 1 N–H and O–H groups in total. The van der Waals surface area contributed by atoms with Crippen LogP contribution in [0.25, 0.3) is 0 Å². The number of likely N-dealkylation sites (tertiary alicyclic amines) is 1. The lowest BCUT2D eigenvalue weighted by Crippen LogP contribution is -2.41. The smallest absolute Gasteiger partial charge is 0.320 e. The molecule has 1 saturated carbocycles. The summed E-state index contributed by atoms with van der Waals surface area (Å²) in [5.74, 6) is 0.669. The molecule has 0 bridgehead atoms. The second kappa shape index (κ2) is 6.59. The van der Waals surface area contributed by atoms with E-state index in [4.69, 9.17) is 4.74 Å². The third-order valence-corrected chi connectivity index (χ3v) is 5.59. The number of carboxylic acid groups (broad SMARTS) is 1. The van der Waals surface area contributed by atoms with E-state index in [9.17, 15) is 9.90 Å². The van der Waals surface area contributed by atoms with Gasteiger partial charge in [0.25, 0.3) is 0 Å². The van der Waals surface area contributed by atoms with Crippen LogP contribution < -0.4 is 4.74 Å². The van der Waals surface area contributed by atoms with Gasteiger partial charge in [-0.3, -0.25) is 9.69 Å². The summed E-state index contributed by atoms with van der Waals surface area (Å²) in [6.45, 7) is 0.640. The van der Waals surface area contributed by atoms with E-state index in [-0.39, 0.29) is 6.04 Å². The third kappa shape index (κ3) is 3.01. The first-order valence-electron chi connectivity index (χ1n) is 7.91. The minimum atomic E-state index is -0.691. The van der Waals surface area contributed by atoms with Crippen LogP contribution in [-0.2, 0) is 11.3 Å². The molecule has 3 atom stereocenters. The average molecular weight is 368 g/mol. The molecule has 4 nitrogen and oxygen atoms in total. The lowest BCUT2D eigenvalue weighted by molar-refractivity contribution is -0.142. The third-order valence-electron chi connectivity index (χ3n) is 5.10. The first kappa shape index (κ1) is 15.8. The van der Waals surface area contributed by atoms with Gasteiger partial charge < -0.3 is 9.84 Å². The van der Waals surface area contributed by atoms with Crippen LogP contribution in [0.1, 0.15) is 37.7 Å². The Bertz CT molecular complexity index is 563. The molecule has 3 rings (SSSR count). The highest BCUT2D eigenvalue weighted by Gasteiger charge is 2.45. The van der Waals surface area contributed by atoms with Crippen molar-refractivity contribution in [1.29, 1.82) is 0 Å². The largest absolute Gasteiger partial charge is 0.496 e. The number of methoxy groups -OCH3 is 1. The second-order valence-electron chi connectivity index (χ2n) is 6.33. The maximum Gasteiger partial charge on any atom is 0.320 e. The zero-order valence-electron chi connectivity index (χ0n) is 12.8. The fraction of sp³-hybridized carbons (Fsp3) is 0.588. The van der Waals surface area contributed by atoms with E-state index < -0.39 is 5.97 Å². The molecule has 1 saturated heterocycles. The molecule has 120 valence electrons. The molecule has 1 heterocycles. The van der Waals surface area contributed by atoms with Gasteiger partial charge in [0.15, 0.2) is 0 Å². The van der Waals surface area contributed by atoms with Gasteiger partial charge in [0.1, 0.15) is 11.8 Å². The van der Waals surface area contributed by atoms with Gasteiger partial charge in [0.2, 0.25) is 0 Å². The molecule has 0 aromatic heterocycles. The maximum atomic E-state index is 11.7. The van der Waals surface area contributed by atoms with Crippen LogP contribution in [0, 0.1) is 5.92 Å². The van der Waals surface area contributed by atoms with Gasteiger partial charge in [-0.2, -0.15) is 0 Å². The molecule has 1 aliphatic carbocycles. The Labute approximate surface area is 139 Å². The molecule has 0 spiro atoms. The van der Waals surface area contributed by atoms with Crippen molar-refractivity contribution < 1.29 is 14.6 Å². The van der Waals surface area contributed by atoms with Crippen molar-refractivity contribution in [3.05, 3.63) is 28.2 Å². The van der Waals surface area contributed by atoms with Gasteiger partial charge in [-0.15, -0.1) is 0 Å². The van der Waals surface area contributed by atoms with Crippen molar-refractivity contribution in [2.45, 2.75) is 50.7 Å². The van der Waals surface area contributed by atoms with Crippen LogP contribution in [0.2, 0.25) is 0 Å². The van der Waals surface area contributed by atoms with E-state index in [1.807, 2.05) is 18.2 Å². The Morgan fingerprint density at radius 1 is 1.41 bits per heavy atom. The summed E-state index contributed by atoms with van der Waals surface area (Å²) in [5, 5.41) is 9.61. The van der Waals surface area contributed by atoms with Gasteiger partial charge >= 0.3 is 5.97 Å². The summed E-state index contributed by atoms with van der Waals surface area (Å²) in [5.41, 5.74) is 1.05. The number of halogens is 1. The number of rotatable bonds is 4. The number of ether oxygens (including phenoxy) is 1. The molecule has 1 aromatic rings. The Kier molecular flexibility index (Phi) is 4.73. The summed E-state index contributed by atoms with van der Waals surface area (Å²) in [4.78, 5) is 13.9. The maximum absolute atomic E-state index is 11.7. The van der Waals surface area contributed by atoms with Crippen molar-refractivity contribution in [2.75, 3.05) is 7.11 Å². The topological polar surface area (TPSA) is 49.8 Å². The molecule has 5 heteroatoms. The normalized spacial score (nSPS) is 28.4. The number of carboxylic acids is 1. The molecule has 2 aliphatic rings. The van der Waals surface area contributed by atoms with Gasteiger partial charge in [0, 0.05) is 22.6 Å². The Morgan fingerprint density at radius 3 is 2.91 bits per heavy atom. The van der Waals surface area contributed by atoms with Crippen LogP contribution in [0.3, 0.4) is 0 Å². The second-order valence-corrected chi connectivity index (χ2v) is 7.25. The van der Waals surface area contributed by atoms with Crippen molar-refractivity contribution in [3.63, 3.8) is 0 Å². The SMILES string of the molecule is COc1ccc(Br)cc1CN1[C@H](C(=O)O)C[C@@H]2CCCC[C@@H]21. The van der Waals surface area contributed by atoms with Crippen LogP contribution in [0.5, 0.6) is 5.75 Å². The van der Waals surface area contributed by atoms with Crippen LogP contribution >= 0.6 is 15.9 Å². The predicted octanol–water partition coefficient (Wildman–Crippen LogP) is 3.68. The fourth-order valence-electron chi connectivity index (χ4n) is 4.09. The number of hydrogen-bond acceptors (Lipinski definition) is 3. The molecule has 22 heavy (non-hydrogen) atoms. The van der Waals surface area contributed by atoms with Crippen LogP contribution in [0.15, 0.2) is 22.7 Å². The number of carbonyl (C=O) groups is 1. The van der Waals surface area contributed by atoms with Crippen molar-refractivity contribution in [3.8, 4) is 5.75 Å². The van der Waals surface area contributed by atoms with E-state index in [1.165, 1.54) is 19.3 Å². The van der Waals surface area contributed by atoms with E-state index in [0.29, 0.717) is 18.5 Å². The Morgan fingerprint density at radius 2 is 2.18 bits per heavy atom. The molecule has 0 unspecified atom stereocenters. The molecular formula is C17H22BrNO3. The van der Waals surface area contributed by atoms with Gasteiger partial charge in [-0.05, 0) is 43.4 Å². The summed E-state index contributed by atoms with van der Waals surface area (Å²) in [6.07, 6.45) is 5.52. The monoisotopic (exact) mass is 367 g/mol. The first-order chi connectivity index (χ1) is 10.6. The fourth-order valence-corrected chi connectivity index (χ4v) is 4.50. The molecule has 0 amide bonds. The zero-order valence-corrected chi connectivity index (χ0v) is 14.4. The van der Waals surface area contributed by atoms with Crippen LogP contribution in [0.4, 0.5) is 0 Å². The molecular weight excluding hydrogens is 346 g/mol. The van der Waals surface area contributed by atoms with E-state index in [1.54, 1.807) is 7.11 Å². The van der Waals surface area contributed by atoms with E-state index in [0.717, 1.165) is 28.6 Å². The van der Waals surface area contributed by atoms with Crippen molar-refractivity contribution in [1.82, 2.24) is 4.90 Å². The van der Waals surface area contributed by atoms with Crippen molar-refractivity contribution >= 4 is 21.9 Å². The quantitative estimate of drug-likeness (QED) is 0.881. The van der Waals surface area contributed by atoms with E-state index >= 15 is 0 Å². The van der Waals surface area contributed by atoms with Gasteiger partial charge in [0.05, 0.1) is 7.11 Å². The standard InChI is InChI=1S/C17H22BrNO3/c1-22-16-7-6-13(18)8-12(16)10-19-14-5-3-2-4-11(14)9-15(19)17(20)21/h6-8,11,14-15H,2-5,9-10H2,1H3,(H,20,21)/t11-,14-,15-/m0/s1. The highest BCUT2D eigenvalue weighted by molar-refractivity contribution is 9.10. The Hall–Kier alpha value is -1.07. The number of nitrogens with zero attached hydrogens (tertiary/aromatic N) is 1. The summed E-state index contributed by atoms with van der Waals surface area (Å²) < 4.78 is 6.44. The van der Waals surface area contributed by atoms with Gasteiger partial charge in [-0.1, -0.05) is 28.8 Å². The highest BCUT2D eigenvalue weighted by Crippen LogP contribution is 2.41. The lowest BCUT2D eigenvalue weighted by Gasteiger charge is -2.33.